The van der Waals surface area contributed by atoms with Gasteiger partial charge in [-0.15, -0.1) is 0 Å². The van der Waals surface area contributed by atoms with Crippen LogP contribution in [0, 0.1) is 0 Å². The maximum absolute atomic E-state index is 12.9. The van der Waals surface area contributed by atoms with E-state index in [4.69, 9.17) is 0 Å². The number of aromatic amines is 1. The van der Waals surface area contributed by atoms with E-state index in [1.807, 2.05) is 41.1 Å². The SMILES string of the molecule is O=C(NCCC(F)(F)F)c1nn(CCc2ccccc2)c2c1CN(c1ncnc3[nH]ccc13)CC2. The molecule has 1 aliphatic heterocycles. The van der Waals surface area contributed by atoms with Crippen molar-refractivity contribution in [1.29, 1.82) is 0 Å². The predicted molar refractivity (Wildman–Crippen MR) is 124 cm³/mol. The summed E-state index contributed by atoms with van der Waals surface area (Å²) in [6.07, 6.45) is -0.800. The van der Waals surface area contributed by atoms with Crippen LogP contribution < -0.4 is 10.2 Å². The molecule has 0 radical (unpaired) electrons. The average Bonchev–Trinajstić information content (AvgIpc) is 3.47. The van der Waals surface area contributed by atoms with Gasteiger partial charge in [-0.25, -0.2) is 9.97 Å². The van der Waals surface area contributed by atoms with Gasteiger partial charge in [0.1, 0.15) is 17.8 Å². The van der Waals surface area contributed by atoms with Crippen LogP contribution in [0.25, 0.3) is 11.0 Å². The number of fused-ring (bicyclic) bond motifs is 2. The number of alkyl halides is 3. The van der Waals surface area contributed by atoms with E-state index < -0.39 is 25.0 Å². The minimum atomic E-state index is -4.34. The fraction of sp³-hybridized carbons (Fsp3) is 0.333. The molecule has 4 aromatic rings. The van der Waals surface area contributed by atoms with Crippen LogP contribution in [0.15, 0.2) is 48.9 Å². The number of aromatic nitrogens is 5. The lowest BCUT2D eigenvalue weighted by atomic mass is 10.0. The summed E-state index contributed by atoms with van der Waals surface area (Å²) in [6.45, 7) is 1.11. The van der Waals surface area contributed by atoms with E-state index in [2.05, 4.69) is 30.3 Å². The Hall–Kier alpha value is -3.89. The quantitative estimate of drug-likeness (QED) is 0.419. The highest BCUT2D eigenvalue weighted by molar-refractivity contribution is 5.94. The number of nitrogens with zero attached hydrogens (tertiary/aromatic N) is 5. The summed E-state index contributed by atoms with van der Waals surface area (Å²) in [6, 6.07) is 11.8. The van der Waals surface area contributed by atoms with Crippen LogP contribution in [0.1, 0.15) is 33.7 Å². The minimum Gasteiger partial charge on any atom is -0.351 e. The molecule has 35 heavy (non-hydrogen) atoms. The molecule has 0 saturated carbocycles. The van der Waals surface area contributed by atoms with E-state index in [0.717, 1.165) is 34.4 Å². The summed E-state index contributed by atoms with van der Waals surface area (Å²) in [7, 11) is 0. The number of aryl methyl sites for hydroxylation is 2. The van der Waals surface area contributed by atoms with Gasteiger partial charge in [0.2, 0.25) is 0 Å². The normalized spacial score (nSPS) is 13.7. The van der Waals surface area contributed by atoms with Gasteiger partial charge >= 0.3 is 6.18 Å². The Morgan fingerprint density at radius 3 is 2.77 bits per heavy atom. The van der Waals surface area contributed by atoms with Gasteiger partial charge in [0.15, 0.2) is 5.69 Å². The Morgan fingerprint density at radius 1 is 1.14 bits per heavy atom. The largest absolute Gasteiger partial charge is 0.390 e. The van der Waals surface area contributed by atoms with Crippen molar-refractivity contribution in [3.8, 4) is 0 Å². The average molecular weight is 483 g/mol. The van der Waals surface area contributed by atoms with Crippen LogP contribution in [-0.2, 0) is 25.9 Å². The number of H-pyrrole nitrogens is 1. The molecule has 3 aromatic heterocycles. The van der Waals surface area contributed by atoms with Gasteiger partial charge in [-0.2, -0.15) is 18.3 Å². The lowest BCUT2D eigenvalue weighted by Crippen LogP contribution is -2.34. The van der Waals surface area contributed by atoms with Crippen molar-refractivity contribution >= 4 is 22.8 Å². The van der Waals surface area contributed by atoms with Crippen LogP contribution in [0.3, 0.4) is 0 Å². The van der Waals surface area contributed by atoms with Gasteiger partial charge in [-0.05, 0) is 18.1 Å². The van der Waals surface area contributed by atoms with Gasteiger partial charge in [-0.1, -0.05) is 30.3 Å². The molecule has 0 atom stereocenters. The number of hydrogen-bond donors (Lipinski definition) is 2. The topological polar surface area (TPSA) is 91.7 Å². The van der Waals surface area contributed by atoms with Crippen LogP contribution in [0.2, 0.25) is 0 Å². The first-order chi connectivity index (χ1) is 16.9. The van der Waals surface area contributed by atoms with Gasteiger partial charge in [0, 0.05) is 50.1 Å². The fourth-order valence-corrected chi connectivity index (χ4v) is 4.43. The predicted octanol–water partition coefficient (Wildman–Crippen LogP) is 3.64. The molecule has 1 aliphatic rings. The second kappa shape index (κ2) is 9.40. The first-order valence-corrected chi connectivity index (χ1v) is 11.4. The molecule has 0 bridgehead atoms. The molecule has 0 spiro atoms. The highest BCUT2D eigenvalue weighted by Crippen LogP contribution is 2.30. The zero-order valence-electron chi connectivity index (χ0n) is 18.8. The molecule has 2 N–H and O–H groups in total. The summed E-state index contributed by atoms with van der Waals surface area (Å²) >= 11 is 0. The van der Waals surface area contributed by atoms with Gasteiger partial charge < -0.3 is 15.2 Å². The van der Waals surface area contributed by atoms with Crippen molar-refractivity contribution in [2.45, 2.75) is 38.5 Å². The van der Waals surface area contributed by atoms with Gasteiger partial charge in [0.25, 0.3) is 5.91 Å². The number of nitrogens with one attached hydrogen (secondary N) is 2. The number of carbonyl (C=O) groups is 1. The zero-order chi connectivity index (χ0) is 24.4. The number of anilines is 1. The van der Waals surface area contributed by atoms with Crippen molar-refractivity contribution in [2.75, 3.05) is 18.0 Å². The molecule has 0 saturated heterocycles. The van der Waals surface area contributed by atoms with E-state index >= 15 is 0 Å². The molecule has 0 aliphatic carbocycles. The van der Waals surface area contributed by atoms with E-state index in [9.17, 15) is 18.0 Å². The molecule has 0 fully saturated rings. The molecule has 1 aromatic carbocycles. The molecule has 0 unspecified atom stereocenters. The van der Waals surface area contributed by atoms with Crippen molar-refractivity contribution < 1.29 is 18.0 Å². The van der Waals surface area contributed by atoms with Crippen molar-refractivity contribution in [3.05, 3.63) is 71.4 Å². The number of amides is 1. The fourth-order valence-electron chi connectivity index (χ4n) is 4.43. The number of halogens is 3. The molecular formula is C24H24F3N7O. The van der Waals surface area contributed by atoms with Gasteiger partial charge in [0.05, 0.1) is 11.8 Å². The number of carbonyl (C=O) groups excluding carboxylic acids is 1. The molecule has 11 heteroatoms. The van der Waals surface area contributed by atoms with Gasteiger partial charge in [-0.3, -0.25) is 9.48 Å². The molecule has 5 rings (SSSR count). The van der Waals surface area contributed by atoms with Crippen LogP contribution >= 0.6 is 0 Å². The first kappa shape index (κ1) is 22.9. The van der Waals surface area contributed by atoms with E-state index in [0.29, 0.717) is 31.7 Å². The third-order valence-corrected chi connectivity index (χ3v) is 6.13. The zero-order valence-corrected chi connectivity index (χ0v) is 18.8. The van der Waals surface area contributed by atoms with E-state index in [1.165, 1.54) is 6.33 Å². The van der Waals surface area contributed by atoms with Crippen molar-refractivity contribution in [2.24, 2.45) is 0 Å². The summed E-state index contributed by atoms with van der Waals surface area (Å²) in [5.74, 6) is 0.141. The molecule has 1 amide bonds. The first-order valence-electron chi connectivity index (χ1n) is 11.4. The second-order valence-corrected chi connectivity index (χ2v) is 8.46. The summed E-state index contributed by atoms with van der Waals surface area (Å²) in [5, 5.41) is 7.81. The van der Waals surface area contributed by atoms with Crippen LogP contribution in [0.5, 0.6) is 0 Å². The Bertz CT molecular complexity index is 1330. The standard InChI is InChI=1S/C24H24F3N7O/c25-24(26,27)9-11-29-23(35)20-18-14-33(22-17-6-10-28-21(17)30-15-31-22)12-8-19(18)34(32-20)13-7-16-4-2-1-3-5-16/h1-6,10,15H,7-9,11-14H2,(H,29,35)(H,28,30,31). The maximum atomic E-state index is 12.9. The Kier molecular flexibility index (Phi) is 6.14. The van der Waals surface area contributed by atoms with E-state index in [-0.39, 0.29) is 5.69 Å². The molecule has 182 valence electrons. The highest BCUT2D eigenvalue weighted by Gasteiger charge is 2.31. The third-order valence-electron chi connectivity index (χ3n) is 6.13. The molecular weight excluding hydrogens is 459 g/mol. The summed E-state index contributed by atoms with van der Waals surface area (Å²) in [4.78, 5) is 26.7. The number of benzene rings is 1. The Morgan fingerprint density at radius 2 is 1.97 bits per heavy atom. The third kappa shape index (κ3) is 4.98. The highest BCUT2D eigenvalue weighted by atomic mass is 19.4. The van der Waals surface area contributed by atoms with Crippen LogP contribution in [0.4, 0.5) is 19.0 Å². The minimum absolute atomic E-state index is 0.166. The Labute approximate surface area is 199 Å². The molecule has 8 nitrogen and oxygen atoms in total. The molecule has 4 heterocycles. The monoisotopic (exact) mass is 483 g/mol. The van der Waals surface area contributed by atoms with E-state index in [1.54, 1.807) is 6.20 Å². The summed E-state index contributed by atoms with van der Waals surface area (Å²) in [5.41, 5.74) is 3.67. The lowest BCUT2D eigenvalue weighted by Gasteiger charge is -2.29. The van der Waals surface area contributed by atoms with Crippen molar-refractivity contribution in [3.63, 3.8) is 0 Å². The smallest absolute Gasteiger partial charge is 0.351 e. The maximum Gasteiger partial charge on any atom is 0.390 e. The van der Waals surface area contributed by atoms with Crippen LogP contribution in [-0.4, -0.2) is 49.9 Å². The number of rotatable bonds is 7. The second-order valence-electron chi connectivity index (χ2n) is 8.46. The number of hydrogen-bond acceptors (Lipinski definition) is 5. The van der Waals surface area contributed by atoms with Crippen molar-refractivity contribution in [1.82, 2.24) is 30.0 Å². The summed E-state index contributed by atoms with van der Waals surface area (Å²) < 4.78 is 39.6. The Balaban J connectivity index is 1.42. The lowest BCUT2D eigenvalue weighted by molar-refractivity contribution is -0.133.